The first-order chi connectivity index (χ1) is 12.3. The van der Waals surface area contributed by atoms with E-state index in [1.165, 1.54) is 33.3 Å². The molecule has 0 aromatic heterocycles. The Morgan fingerprint density at radius 1 is 1.08 bits per heavy atom. The minimum absolute atomic E-state index is 0.0160. The van der Waals surface area contributed by atoms with Gasteiger partial charge in [0.15, 0.2) is 6.10 Å². The van der Waals surface area contributed by atoms with E-state index in [1.807, 2.05) is 0 Å². The Morgan fingerprint density at radius 3 is 2.42 bits per heavy atom. The first kappa shape index (κ1) is 19.1. The lowest BCUT2D eigenvalue weighted by Crippen LogP contribution is -2.30. The molecule has 0 aliphatic carbocycles. The number of anilines is 1. The number of hydrogen-bond donors (Lipinski definition) is 2. The molecular weight excluding hydrogens is 338 g/mol. The van der Waals surface area contributed by atoms with Crippen molar-refractivity contribution in [2.24, 2.45) is 0 Å². The van der Waals surface area contributed by atoms with Gasteiger partial charge in [0.2, 0.25) is 0 Å². The van der Waals surface area contributed by atoms with Gasteiger partial charge in [0.1, 0.15) is 17.2 Å². The number of carbonyl (C=O) groups is 2. The van der Waals surface area contributed by atoms with Crippen molar-refractivity contribution in [2.75, 3.05) is 19.5 Å². The number of hydrogen-bond acceptors (Lipinski definition) is 6. The number of carbonyl (C=O) groups excluding carboxylic acids is 2. The maximum atomic E-state index is 12.3. The number of rotatable bonds is 6. The van der Waals surface area contributed by atoms with Crippen molar-refractivity contribution >= 4 is 17.6 Å². The lowest BCUT2D eigenvalue weighted by molar-refractivity contribution is -0.123. The lowest BCUT2D eigenvalue weighted by atomic mass is 10.1. The summed E-state index contributed by atoms with van der Waals surface area (Å²) in [5.41, 5.74) is 1.19. The van der Waals surface area contributed by atoms with Gasteiger partial charge >= 0.3 is 5.97 Å². The fourth-order valence-corrected chi connectivity index (χ4v) is 2.16. The van der Waals surface area contributed by atoms with E-state index in [2.05, 4.69) is 5.32 Å². The highest BCUT2D eigenvalue weighted by Crippen LogP contribution is 2.29. The van der Waals surface area contributed by atoms with Crippen molar-refractivity contribution < 1.29 is 28.9 Å². The third-order valence-corrected chi connectivity index (χ3v) is 3.76. The van der Waals surface area contributed by atoms with Gasteiger partial charge in [-0.25, -0.2) is 4.79 Å². The van der Waals surface area contributed by atoms with Crippen LogP contribution in [0, 0.1) is 6.92 Å². The molecule has 7 heteroatoms. The van der Waals surface area contributed by atoms with Crippen molar-refractivity contribution in [3.8, 4) is 17.2 Å². The average Bonchev–Trinajstić information content (AvgIpc) is 2.63. The standard InChI is InChI=1S/C19H21NO6/c1-11-5-6-13(9-16(11)21)19(23)26-12(2)18(22)20-15-10-14(24-3)7-8-17(15)25-4/h5-10,12,21H,1-4H3,(H,20,22). The quantitative estimate of drug-likeness (QED) is 0.770. The molecule has 0 bridgehead atoms. The van der Waals surface area contributed by atoms with E-state index in [1.54, 1.807) is 31.2 Å². The van der Waals surface area contributed by atoms with Crippen LogP contribution in [-0.4, -0.2) is 37.3 Å². The molecule has 0 saturated heterocycles. The lowest BCUT2D eigenvalue weighted by Gasteiger charge is -2.16. The van der Waals surface area contributed by atoms with Gasteiger partial charge in [0.05, 0.1) is 25.5 Å². The molecule has 1 amide bonds. The van der Waals surface area contributed by atoms with E-state index in [0.717, 1.165) is 0 Å². The van der Waals surface area contributed by atoms with Crippen LogP contribution >= 0.6 is 0 Å². The zero-order valence-corrected chi connectivity index (χ0v) is 15.0. The van der Waals surface area contributed by atoms with Crippen LogP contribution in [0.15, 0.2) is 36.4 Å². The maximum absolute atomic E-state index is 12.3. The Bertz CT molecular complexity index is 818. The van der Waals surface area contributed by atoms with Crippen molar-refractivity contribution in [3.63, 3.8) is 0 Å². The molecular formula is C19H21NO6. The number of benzene rings is 2. The molecule has 2 N–H and O–H groups in total. The largest absolute Gasteiger partial charge is 0.508 e. The normalized spacial score (nSPS) is 11.4. The van der Waals surface area contributed by atoms with Crippen molar-refractivity contribution in [2.45, 2.75) is 20.0 Å². The molecule has 0 aliphatic heterocycles. The highest BCUT2D eigenvalue weighted by molar-refractivity contribution is 5.98. The summed E-state index contributed by atoms with van der Waals surface area (Å²) in [4.78, 5) is 24.5. The van der Waals surface area contributed by atoms with Crippen molar-refractivity contribution in [1.82, 2.24) is 0 Å². The predicted octanol–water partition coefficient (Wildman–Crippen LogP) is 2.90. The Hall–Kier alpha value is -3.22. The molecule has 138 valence electrons. The highest BCUT2D eigenvalue weighted by Gasteiger charge is 2.21. The second-order valence-corrected chi connectivity index (χ2v) is 5.60. The Morgan fingerprint density at radius 2 is 1.81 bits per heavy atom. The van der Waals surface area contributed by atoms with Crippen molar-refractivity contribution in [3.05, 3.63) is 47.5 Å². The smallest absolute Gasteiger partial charge is 0.339 e. The van der Waals surface area contributed by atoms with Gasteiger partial charge in [0, 0.05) is 6.07 Å². The molecule has 1 atom stereocenters. The summed E-state index contributed by atoms with van der Waals surface area (Å²) >= 11 is 0. The fourth-order valence-electron chi connectivity index (χ4n) is 2.16. The van der Waals surface area contributed by atoms with Crippen LogP contribution in [0.4, 0.5) is 5.69 Å². The number of nitrogens with one attached hydrogen (secondary N) is 1. The minimum atomic E-state index is -1.05. The average molecular weight is 359 g/mol. The molecule has 26 heavy (non-hydrogen) atoms. The molecule has 0 radical (unpaired) electrons. The topological polar surface area (TPSA) is 94.1 Å². The predicted molar refractivity (Wildman–Crippen MR) is 95.9 cm³/mol. The zero-order chi connectivity index (χ0) is 19.3. The van der Waals surface area contributed by atoms with Crippen LogP contribution in [0.3, 0.4) is 0 Å². The van der Waals surface area contributed by atoms with E-state index in [-0.39, 0.29) is 11.3 Å². The fraction of sp³-hybridized carbons (Fsp3) is 0.263. The molecule has 0 fully saturated rings. The first-order valence-electron chi connectivity index (χ1n) is 7.89. The van der Waals surface area contributed by atoms with Crippen LogP contribution in [0.5, 0.6) is 17.2 Å². The van der Waals surface area contributed by atoms with E-state index in [0.29, 0.717) is 22.7 Å². The first-order valence-corrected chi connectivity index (χ1v) is 7.89. The Kier molecular flexibility index (Phi) is 6.06. The van der Waals surface area contributed by atoms with E-state index < -0.39 is 18.0 Å². The molecule has 0 spiro atoms. The minimum Gasteiger partial charge on any atom is -0.508 e. The number of amides is 1. The third-order valence-electron chi connectivity index (χ3n) is 3.76. The number of aryl methyl sites for hydroxylation is 1. The summed E-state index contributed by atoms with van der Waals surface area (Å²) in [6, 6.07) is 9.36. The van der Waals surface area contributed by atoms with E-state index in [4.69, 9.17) is 14.2 Å². The second kappa shape index (κ2) is 8.24. The number of ether oxygens (including phenoxy) is 3. The molecule has 0 aliphatic rings. The summed E-state index contributed by atoms with van der Waals surface area (Å²) in [5, 5.41) is 12.3. The molecule has 1 unspecified atom stereocenters. The highest BCUT2D eigenvalue weighted by atomic mass is 16.5. The summed E-state index contributed by atoms with van der Waals surface area (Å²) in [5.74, 6) is -0.263. The van der Waals surface area contributed by atoms with Crippen LogP contribution in [0.1, 0.15) is 22.8 Å². The number of esters is 1. The van der Waals surface area contributed by atoms with Gasteiger partial charge in [-0.2, -0.15) is 0 Å². The molecule has 0 saturated carbocycles. The molecule has 2 aromatic rings. The number of phenols is 1. The summed E-state index contributed by atoms with van der Waals surface area (Å²) in [6.45, 7) is 3.16. The van der Waals surface area contributed by atoms with Crippen LogP contribution in [0.25, 0.3) is 0 Å². The summed E-state index contributed by atoms with van der Waals surface area (Å²) < 4.78 is 15.5. The molecule has 0 heterocycles. The van der Waals surface area contributed by atoms with Gasteiger partial charge in [-0.1, -0.05) is 6.07 Å². The third kappa shape index (κ3) is 4.44. The summed E-state index contributed by atoms with van der Waals surface area (Å²) in [7, 11) is 2.99. The second-order valence-electron chi connectivity index (χ2n) is 5.60. The van der Waals surface area contributed by atoms with Gasteiger partial charge < -0.3 is 24.6 Å². The molecule has 2 rings (SSSR count). The molecule has 2 aromatic carbocycles. The van der Waals surface area contributed by atoms with E-state index >= 15 is 0 Å². The van der Waals surface area contributed by atoms with Crippen LogP contribution < -0.4 is 14.8 Å². The van der Waals surface area contributed by atoms with Crippen molar-refractivity contribution in [1.29, 1.82) is 0 Å². The monoisotopic (exact) mass is 359 g/mol. The zero-order valence-electron chi connectivity index (χ0n) is 15.0. The van der Waals surface area contributed by atoms with Gasteiger partial charge in [0.25, 0.3) is 5.91 Å². The Labute approximate surface area is 151 Å². The number of aromatic hydroxyl groups is 1. The van der Waals surface area contributed by atoms with Crippen LogP contribution in [0.2, 0.25) is 0 Å². The SMILES string of the molecule is COc1ccc(OC)c(NC(=O)C(C)OC(=O)c2ccc(C)c(O)c2)c1. The van der Waals surface area contributed by atoms with Crippen LogP contribution in [-0.2, 0) is 9.53 Å². The van der Waals surface area contributed by atoms with Gasteiger partial charge in [-0.05, 0) is 43.7 Å². The van der Waals surface area contributed by atoms with Gasteiger partial charge in [-0.3, -0.25) is 4.79 Å². The number of phenolic OH excluding ortho intramolecular Hbond substituents is 1. The summed E-state index contributed by atoms with van der Waals surface area (Å²) in [6.07, 6.45) is -1.05. The molecule has 7 nitrogen and oxygen atoms in total. The van der Waals surface area contributed by atoms with E-state index in [9.17, 15) is 14.7 Å². The van der Waals surface area contributed by atoms with Gasteiger partial charge in [-0.15, -0.1) is 0 Å². The number of methoxy groups -OCH3 is 2. The Balaban J connectivity index is 2.07. The maximum Gasteiger partial charge on any atom is 0.339 e.